The minimum absolute atomic E-state index is 0.0159. The van der Waals surface area contributed by atoms with Gasteiger partial charge < -0.3 is 5.11 Å². The number of halogens is 3. The van der Waals surface area contributed by atoms with Crippen molar-refractivity contribution < 1.29 is 18.3 Å². The Hall–Kier alpha value is -2.13. The molecule has 20 heavy (non-hydrogen) atoms. The molecule has 0 aliphatic heterocycles. The van der Waals surface area contributed by atoms with Gasteiger partial charge in [-0.2, -0.15) is 18.4 Å². The summed E-state index contributed by atoms with van der Waals surface area (Å²) in [7, 11) is 0. The highest BCUT2D eigenvalue weighted by atomic mass is 32.2. The van der Waals surface area contributed by atoms with Gasteiger partial charge in [0, 0.05) is 9.79 Å². The molecule has 0 aliphatic rings. The predicted octanol–water partition coefficient (Wildman–Crippen LogP) is 4.43. The first-order chi connectivity index (χ1) is 9.40. The molecule has 0 heterocycles. The summed E-state index contributed by atoms with van der Waals surface area (Å²) in [6, 6.07) is 11.0. The first kappa shape index (κ1) is 14.3. The lowest BCUT2D eigenvalue weighted by Crippen LogP contribution is -2.07. The van der Waals surface area contributed by atoms with Crippen LogP contribution in [0.2, 0.25) is 0 Å². The predicted molar refractivity (Wildman–Crippen MR) is 68.4 cm³/mol. The van der Waals surface area contributed by atoms with Crippen molar-refractivity contribution in [3.8, 4) is 11.8 Å². The Morgan fingerprint density at radius 2 is 1.70 bits per heavy atom. The van der Waals surface area contributed by atoms with Crippen molar-refractivity contribution in [3.05, 3.63) is 53.6 Å². The summed E-state index contributed by atoms with van der Waals surface area (Å²) in [6.45, 7) is 0. The van der Waals surface area contributed by atoms with Gasteiger partial charge in [0.05, 0.1) is 17.2 Å². The molecular weight excluding hydrogens is 287 g/mol. The van der Waals surface area contributed by atoms with Crippen molar-refractivity contribution in [1.82, 2.24) is 0 Å². The topological polar surface area (TPSA) is 44.0 Å². The first-order valence-electron chi connectivity index (χ1n) is 5.48. The van der Waals surface area contributed by atoms with Crippen LogP contribution in [0.4, 0.5) is 13.2 Å². The average molecular weight is 295 g/mol. The van der Waals surface area contributed by atoms with Crippen LogP contribution < -0.4 is 0 Å². The summed E-state index contributed by atoms with van der Waals surface area (Å²) in [6.07, 6.45) is -4.52. The quantitative estimate of drug-likeness (QED) is 0.891. The number of benzene rings is 2. The van der Waals surface area contributed by atoms with Crippen LogP contribution >= 0.6 is 11.8 Å². The second-order valence-electron chi connectivity index (χ2n) is 3.92. The summed E-state index contributed by atoms with van der Waals surface area (Å²) >= 11 is 0.928. The van der Waals surface area contributed by atoms with Gasteiger partial charge in [0.25, 0.3) is 0 Å². The summed E-state index contributed by atoms with van der Waals surface area (Å²) in [5.41, 5.74) is -0.873. The highest BCUT2D eigenvalue weighted by Gasteiger charge is 2.34. The second kappa shape index (κ2) is 5.47. The maximum Gasteiger partial charge on any atom is 0.417 e. The Kier molecular flexibility index (Phi) is 3.91. The number of hydrogen-bond acceptors (Lipinski definition) is 3. The lowest BCUT2D eigenvalue weighted by atomic mass is 10.1. The Labute approximate surface area is 117 Å². The van der Waals surface area contributed by atoms with Crippen LogP contribution in [-0.2, 0) is 6.18 Å². The van der Waals surface area contributed by atoms with E-state index in [9.17, 15) is 13.2 Å². The van der Waals surface area contributed by atoms with E-state index in [1.807, 2.05) is 0 Å². The Morgan fingerprint density at radius 1 is 1.05 bits per heavy atom. The van der Waals surface area contributed by atoms with Gasteiger partial charge in [-0.1, -0.05) is 11.8 Å². The van der Waals surface area contributed by atoms with Gasteiger partial charge in [-0.05, 0) is 42.5 Å². The first-order valence-corrected chi connectivity index (χ1v) is 6.30. The summed E-state index contributed by atoms with van der Waals surface area (Å²) in [4.78, 5) is 0.584. The maximum absolute atomic E-state index is 13.0. The lowest BCUT2D eigenvalue weighted by molar-refractivity contribution is -0.139. The molecule has 102 valence electrons. The molecule has 0 saturated carbocycles. The van der Waals surface area contributed by atoms with Crippen molar-refractivity contribution >= 4 is 11.8 Å². The second-order valence-corrected chi connectivity index (χ2v) is 5.03. The van der Waals surface area contributed by atoms with Crippen molar-refractivity contribution in [1.29, 1.82) is 5.26 Å². The molecule has 2 aromatic rings. The number of phenolic OH excluding ortho intramolecular Hbond substituents is 1. The van der Waals surface area contributed by atoms with Crippen LogP contribution in [0.3, 0.4) is 0 Å². The number of alkyl halides is 3. The molecule has 0 amide bonds. The zero-order valence-corrected chi connectivity index (χ0v) is 10.8. The van der Waals surface area contributed by atoms with Crippen molar-refractivity contribution in [3.63, 3.8) is 0 Å². The summed E-state index contributed by atoms with van der Waals surface area (Å²) < 4.78 is 38.9. The Balaban J connectivity index is 2.41. The van der Waals surface area contributed by atoms with Crippen LogP contribution in [0.25, 0.3) is 0 Å². The number of aromatic hydroxyl groups is 1. The molecule has 0 aliphatic carbocycles. The monoisotopic (exact) mass is 295 g/mol. The van der Waals surface area contributed by atoms with Crippen LogP contribution in [0.5, 0.6) is 5.75 Å². The molecule has 2 rings (SSSR count). The average Bonchev–Trinajstić information content (AvgIpc) is 2.40. The minimum atomic E-state index is -4.52. The van der Waals surface area contributed by atoms with Crippen molar-refractivity contribution in [2.45, 2.75) is 16.0 Å². The molecule has 0 radical (unpaired) electrons. The highest BCUT2D eigenvalue weighted by Crippen LogP contribution is 2.40. The molecule has 2 aromatic carbocycles. The van der Waals surface area contributed by atoms with Crippen molar-refractivity contribution in [2.24, 2.45) is 0 Å². The number of hydrogen-bond donors (Lipinski definition) is 1. The molecule has 0 bridgehead atoms. The molecule has 6 heteroatoms. The molecule has 1 N–H and O–H groups in total. The van der Waals surface area contributed by atoms with E-state index in [1.54, 1.807) is 6.07 Å². The fourth-order valence-corrected chi connectivity index (χ4v) is 2.50. The third-order valence-corrected chi connectivity index (χ3v) is 3.56. The zero-order chi connectivity index (χ0) is 14.8. The standard InChI is InChI=1S/C14H8F3NOS/c15-14(16,17)12-7-9(8-18)1-6-13(12)20-11-4-2-10(19)3-5-11/h1-7,19H. The van der Waals surface area contributed by atoms with E-state index in [-0.39, 0.29) is 16.2 Å². The van der Waals surface area contributed by atoms with Crippen molar-refractivity contribution in [2.75, 3.05) is 0 Å². The number of phenols is 1. The molecule has 0 aromatic heterocycles. The van der Waals surface area contributed by atoms with Gasteiger partial charge in [0.1, 0.15) is 5.75 Å². The Morgan fingerprint density at radius 3 is 2.25 bits per heavy atom. The highest BCUT2D eigenvalue weighted by molar-refractivity contribution is 7.99. The van der Waals surface area contributed by atoms with Crippen LogP contribution in [-0.4, -0.2) is 5.11 Å². The fraction of sp³-hybridized carbons (Fsp3) is 0.0714. The molecule has 0 spiro atoms. The van der Waals surface area contributed by atoms with Gasteiger partial charge in [0.2, 0.25) is 0 Å². The minimum Gasteiger partial charge on any atom is -0.508 e. The van der Waals surface area contributed by atoms with Crippen LogP contribution in [0.1, 0.15) is 11.1 Å². The number of nitriles is 1. The van der Waals surface area contributed by atoms with Gasteiger partial charge in [-0.3, -0.25) is 0 Å². The van der Waals surface area contributed by atoms with E-state index < -0.39 is 11.7 Å². The van der Waals surface area contributed by atoms with E-state index in [4.69, 9.17) is 10.4 Å². The van der Waals surface area contributed by atoms with E-state index in [0.717, 1.165) is 17.8 Å². The molecule has 0 fully saturated rings. The van der Waals surface area contributed by atoms with E-state index >= 15 is 0 Å². The zero-order valence-electron chi connectivity index (χ0n) is 9.98. The SMILES string of the molecule is N#Cc1ccc(Sc2ccc(O)cc2)c(C(F)(F)F)c1. The molecular formula is C14H8F3NOS. The molecule has 0 atom stereocenters. The van der Waals surface area contributed by atoms with Gasteiger partial charge in [-0.25, -0.2) is 0 Å². The molecule has 2 nitrogen and oxygen atoms in total. The summed E-state index contributed by atoms with van der Waals surface area (Å²) in [5.74, 6) is 0.0465. The maximum atomic E-state index is 13.0. The van der Waals surface area contributed by atoms with Gasteiger partial charge in [-0.15, -0.1) is 0 Å². The van der Waals surface area contributed by atoms with Gasteiger partial charge >= 0.3 is 6.18 Å². The van der Waals surface area contributed by atoms with Crippen LogP contribution in [0.15, 0.2) is 52.3 Å². The van der Waals surface area contributed by atoms with E-state index in [0.29, 0.717) is 4.90 Å². The lowest BCUT2D eigenvalue weighted by Gasteiger charge is -2.12. The largest absolute Gasteiger partial charge is 0.508 e. The fourth-order valence-electron chi connectivity index (χ4n) is 1.55. The smallest absolute Gasteiger partial charge is 0.417 e. The summed E-state index contributed by atoms with van der Waals surface area (Å²) in [5, 5.41) is 17.8. The third-order valence-electron chi connectivity index (χ3n) is 2.48. The number of rotatable bonds is 2. The van der Waals surface area contributed by atoms with E-state index in [2.05, 4.69) is 0 Å². The normalized spacial score (nSPS) is 11.1. The number of nitrogens with zero attached hydrogens (tertiary/aromatic N) is 1. The molecule has 0 saturated heterocycles. The molecule has 0 unspecified atom stereocenters. The third kappa shape index (κ3) is 3.25. The Bertz CT molecular complexity index is 660. The van der Waals surface area contributed by atoms with Gasteiger partial charge in [0.15, 0.2) is 0 Å². The van der Waals surface area contributed by atoms with E-state index in [1.165, 1.54) is 36.4 Å². The van der Waals surface area contributed by atoms with Crippen LogP contribution in [0, 0.1) is 11.3 Å².